The molecule has 186 valence electrons. The molecule has 5 nitrogen and oxygen atoms in total. The molecular formula is C30H27F2N5. The number of nitrogens with zero attached hydrogens (tertiary/aromatic N) is 4. The SMILES string of the molecule is Fc1ccc(-c2nc3nn(CCC4CCNCC4)cc3c(-c3ccc(F)cc3)c2-c2ccncc2)cc1. The van der Waals surface area contributed by atoms with Gasteiger partial charge in [-0.2, -0.15) is 5.10 Å². The zero-order valence-corrected chi connectivity index (χ0v) is 20.4. The molecule has 5 aromatic rings. The second-order valence-corrected chi connectivity index (χ2v) is 9.57. The average Bonchev–Trinajstić information content (AvgIpc) is 3.36. The molecule has 0 unspecified atom stereocenters. The van der Waals surface area contributed by atoms with Gasteiger partial charge in [-0.1, -0.05) is 12.1 Å². The van der Waals surface area contributed by atoms with Gasteiger partial charge in [0.1, 0.15) is 11.6 Å². The maximum Gasteiger partial charge on any atom is 0.182 e. The van der Waals surface area contributed by atoms with E-state index in [4.69, 9.17) is 10.1 Å². The predicted octanol–water partition coefficient (Wildman–Crippen LogP) is 6.50. The van der Waals surface area contributed by atoms with Crippen LogP contribution in [0.4, 0.5) is 8.78 Å². The topological polar surface area (TPSA) is 55.6 Å². The van der Waals surface area contributed by atoms with Gasteiger partial charge in [0.15, 0.2) is 5.65 Å². The van der Waals surface area contributed by atoms with Gasteiger partial charge in [0, 0.05) is 47.2 Å². The summed E-state index contributed by atoms with van der Waals surface area (Å²) in [5, 5.41) is 9.19. The van der Waals surface area contributed by atoms with Crippen LogP contribution in [0.1, 0.15) is 19.3 Å². The first-order valence-corrected chi connectivity index (χ1v) is 12.7. The molecule has 1 fully saturated rings. The molecule has 0 spiro atoms. The summed E-state index contributed by atoms with van der Waals surface area (Å²) in [5.74, 6) is 0.0763. The zero-order valence-electron chi connectivity index (χ0n) is 20.4. The van der Waals surface area contributed by atoms with Crippen LogP contribution in [0.5, 0.6) is 0 Å². The van der Waals surface area contributed by atoms with Crippen molar-refractivity contribution in [3.05, 3.63) is 90.9 Å². The van der Waals surface area contributed by atoms with Crippen LogP contribution in [0, 0.1) is 17.6 Å². The minimum atomic E-state index is -0.309. The smallest absolute Gasteiger partial charge is 0.182 e. The Morgan fingerprint density at radius 1 is 0.784 bits per heavy atom. The Labute approximate surface area is 214 Å². The van der Waals surface area contributed by atoms with E-state index in [0.717, 1.165) is 59.3 Å². The van der Waals surface area contributed by atoms with Crippen LogP contribution in [0.15, 0.2) is 79.3 Å². The van der Waals surface area contributed by atoms with Crippen molar-refractivity contribution < 1.29 is 8.78 Å². The summed E-state index contributed by atoms with van der Waals surface area (Å²) in [6.07, 6.45) is 8.96. The summed E-state index contributed by atoms with van der Waals surface area (Å²) in [7, 11) is 0. The Hall–Kier alpha value is -3.97. The molecule has 0 atom stereocenters. The van der Waals surface area contributed by atoms with Gasteiger partial charge in [0.2, 0.25) is 0 Å². The van der Waals surface area contributed by atoms with Gasteiger partial charge < -0.3 is 5.32 Å². The van der Waals surface area contributed by atoms with Crippen LogP contribution >= 0.6 is 0 Å². The standard InChI is InChI=1S/C30H27F2N5/c31-24-5-1-21(2-6-24)27-26-19-37(18-13-20-9-14-33-15-10-20)36-30(26)35-29(23-3-7-25(32)8-4-23)28(27)22-11-16-34-17-12-22/h1-8,11-12,16-17,19-20,33H,9-10,13-15,18H2. The lowest BCUT2D eigenvalue weighted by atomic mass is 9.90. The molecular weight excluding hydrogens is 468 g/mol. The van der Waals surface area contributed by atoms with E-state index in [-0.39, 0.29) is 11.6 Å². The maximum absolute atomic E-state index is 13.9. The number of hydrogen-bond acceptors (Lipinski definition) is 4. The lowest BCUT2D eigenvalue weighted by molar-refractivity contribution is 0.332. The predicted molar refractivity (Wildman–Crippen MR) is 142 cm³/mol. The number of hydrogen-bond donors (Lipinski definition) is 1. The summed E-state index contributed by atoms with van der Waals surface area (Å²) in [4.78, 5) is 9.21. The largest absolute Gasteiger partial charge is 0.317 e. The molecule has 1 aliphatic rings. The van der Waals surface area contributed by atoms with Crippen molar-refractivity contribution in [2.45, 2.75) is 25.8 Å². The number of rotatable bonds is 6. The first kappa shape index (κ1) is 23.4. The molecule has 2 aromatic carbocycles. The third-order valence-electron chi connectivity index (χ3n) is 7.16. The molecule has 1 N–H and O–H groups in total. The minimum Gasteiger partial charge on any atom is -0.317 e. The molecule has 37 heavy (non-hydrogen) atoms. The lowest BCUT2D eigenvalue weighted by Gasteiger charge is -2.22. The summed E-state index contributed by atoms with van der Waals surface area (Å²) < 4.78 is 29.7. The molecule has 0 amide bonds. The van der Waals surface area contributed by atoms with Gasteiger partial charge in [-0.05, 0) is 97.9 Å². The monoisotopic (exact) mass is 495 g/mol. The van der Waals surface area contributed by atoms with Crippen LogP contribution < -0.4 is 5.32 Å². The first-order chi connectivity index (χ1) is 18.2. The number of benzene rings is 2. The first-order valence-electron chi connectivity index (χ1n) is 12.7. The molecule has 7 heteroatoms. The van der Waals surface area contributed by atoms with Crippen LogP contribution in [0.25, 0.3) is 44.5 Å². The van der Waals surface area contributed by atoms with Gasteiger partial charge in [-0.15, -0.1) is 0 Å². The number of fused-ring (bicyclic) bond motifs is 1. The van der Waals surface area contributed by atoms with Crippen molar-refractivity contribution >= 4 is 11.0 Å². The zero-order chi connectivity index (χ0) is 25.2. The quantitative estimate of drug-likeness (QED) is 0.292. The number of aromatic nitrogens is 4. The third kappa shape index (κ3) is 4.87. The van der Waals surface area contributed by atoms with E-state index in [1.54, 1.807) is 36.7 Å². The van der Waals surface area contributed by atoms with E-state index in [0.29, 0.717) is 17.3 Å². The van der Waals surface area contributed by atoms with Crippen LogP contribution in [0.2, 0.25) is 0 Å². The average molecular weight is 496 g/mol. The third-order valence-corrected chi connectivity index (χ3v) is 7.16. The number of halogens is 2. The number of piperidine rings is 1. The highest BCUT2D eigenvalue weighted by molar-refractivity contribution is 6.05. The Morgan fingerprint density at radius 2 is 1.41 bits per heavy atom. The van der Waals surface area contributed by atoms with Crippen molar-refractivity contribution in [3.63, 3.8) is 0 Å². The maximum atomic E-state index is 13.9. The summed E-state index contributed by atoms with van der Waals surface area (Å²) in [6.45, 7) is 2.94. The summed E-state index contributed by atoms with van der Waals surface area (Å²) >= 11 is 0. The van der Waals surface area contributed by atoms with E-state index in [1.807, 2.05) is 16.8 Å². The van der Waals surface area contributed by atoms with E-state index in [2.05, 4.69) is 16.5 Å². The van der Waals surface area contributed by atoms with Crippen molar-refractivity contribution in [1.82, 2.24) is 25.1 Å². The lowest BCUT2D eigenvalue weighted by Crippen LogP contribution is -2.28. The Kier molecular flexibility index (Phi) is 6.45. The fraction of sp³-hybridized carbons (Fsp3) is 0.233. The molecule has 6 rings (SSSR count). The number of aryl methyl sites for hydroxylation is 1. The van der Waals surface area contributed by atoms with Crippen molar-refractivity contribution in [3.8, 4) is 33.5 Å². The second-order valence-electron chi connectivity index (χ2n) is 9.57. The highest BCUT2D eigenvalue weighted by atomic mass is 19.1. The minimum absolute atomic E-state index is 0.295. The van der Waals surface area contributed by atoms with E-state index < -0.39 is 0 Å². The molecule has 0 bridgehead atoms. The van der Waals surface area contributed by atoms with Crippen molar-refractivity contribution in [2.24, 2.45) is 5.92 Å². The van der Waals surface area contributed by atoms with Crippen LogP contribution in [-0.4, -0.2) is 32.8 Å². The Balaban J connectivity index is 1.56. The highest BCUT2D eigenvalue weighted by Gasteiger charge is 2.22. The second kappa shape index (κ2) is 10.2. The highest BCUT2D eigenvalue weighted by Crippen LogP contribution is 2.43. The number of pyridine rings is 2. The van der Waals surface area contributed by atoms with Crippen LogP contribution in [0.3, 0.4) is 0 Å². The molecule has 0 radical (unpaired) electrons. The molecule has 0 aliphatic carbocycles. The van der Waals surface area contributed by atoms with Gasteiger partial charge in [-0.3, -0.25) is 9.67 Å². The van der Waals surface area contributed by atoms with Crippen LogP contribution in [-0.2, 0) is 6.54 Å². The Morgan fingerprint density at radius 3 is 2.08 bits per heavy atom. The van der Waals surface area contributed by atoms with E-state index in [9.17, 15) is 8.78 Å². The van der Waals surface area contributed by atoms with E-state index in [1.165, 1.54) is 37.1 Å². The Bertz CT molecular complexity index is 1510. The fourth-order valence-electron chi connectivity index (χ4n) is 5.22. The molecule has 1 saturated heterocycles. The van der Waals surface area contributed by atoms with Crippen molar-refractivity contribution in [1.29, 1.82) is 0 Å². The fourth-order valence-corrected chi connectivity index (χ4v) is 5.22. The summed E-state index contributed by atoms with van der Waals surface area (Å²) in [5.41, 5.74) is 5.67. The van der Waals surface area contributed by atoms with Gasteiger partial charge in [-0.25, -0.2) is 13.8 Å². The number of nitrogens with one attached hydrogen (secondary N) is 1. The molecule has 3 aromatic heterocycles. The van der Waals surface area contributed by atoms with Crippen molar-refractivity contribution in [2.75, 3.05) is 13.1 Å². The van der Waals surface area contributed by atoms with Gasteiger partial charge >= 0.3 is 0 Å². The van der Waals surface area contributed by atoms with Gasteiger partial charge in [0.25, 0.3) is 0 Å². The molecule has 4 heterocycles. The molecule has 0 saturated carbocycles. The molecule has 1 aliphatic heterocycles. The normalized spacial score (nSPS) is 14.3. The van der Waals surface area contributed by atoms with Gasteiger partial charge in [0.05, 0.1) is 5.69 Å². The van der Waals surface area contributed by atoms with E-state index >= 15 is 0 Å². The summed E-state index contributed by atoms with van der Waals surface area (Å²) in [6, 6.07) is 16.7.